The number of aliphatic hydroxyl groups excluding tert-OH is 1. The first-order chi connectivity index (χ1) is 15.2. The molecule has 4 fully saturated rings. The van der Waals surface area contributed by atoms with Crippen LogP contribution in [0.4, 0.5) is 0 Å². The van der Waals surface area contributed by atoms with Gasteiger partial charge < -0.3 is 9.84 Å². The monoisotopic (exact) mass is 440 g/mol. The van der Waals surface area contributed by atoms with Crippen LogP contribution in [0.1, 0.15) is 98.8 Å². The zero-order valence-corrected chi connectivity index (χ0v) is 21.4. The van der Waals surface area contributed by atoms with Gasteiger partial charge in [0.15, 0.2) is 0 Å². The third kappa shape index (κ3) is 3.10. The van der Waals surface area contributed by atoms with Gasteiger partial charge in [0.25, 0.3) is 0 Å². The Hall–Kier alpha value is -0.600. The SMILES string of the molecule is C=CCC12OC1[C@@H](O)CC1=CC[C@H]3[C@@H]4CC[C@H]([C@H](C)CCCC(C)C)[C@@]4(C)CC[C@@H]3[C@]12C. The summed E-state index contributed by atoms with van der Waals surface area (Å²) in [6.45, 7) is 16.5. The van der Waals surface area contributed by atoms with Crippen LogP contribution in [0.3, 0.4) is 0 Å². The topological polar surface area (TPSA) is 32.8 Å². The van der Waals surface area contributed by atoms with E-state index in [2.05, 4.69) is 47.3 Å². The predicted molar refractivity (Wildman–Crippen MR) is 132 cm³/mol. The summed E-state index contributed by atoms with van der Waals surface area (Å²) in [4.78, 5) is 0. The van der Waals surface area contributed by atoms with E-state index in [1.807, 2.05) is 6.08 Å². The maximum atomic E-state index is 10.8. The Labute approximate surface area is 197 Å². The van der Waals surface area contributed by atoms with E-state index in [0.717, 1.165) is 42.4 Å². The molecule has 1 heterocycles. The molecule has 0 bridgehead atoms. The highest BCUT2D eigenvalue weighted by Gasteiger charge is 2.75. The zero-order chi connectivity index (χ0) is 22.9. The van der Waals surface area contributed by atoms with E-state index in [1.165, 1.54) is 56.9 Å². The molecule has 10 atom stereocenters. The largest absolute Gasteiger partial charge is 0.390 e. The standard InChI is InChI=1S/C30H48O2/c1-7-16-30-27(32-30)26(31)18-21-11-12-22-24-14-13-23(20(4)10-8-9-19(2)3)28(24,5)17-15-25(22)29(21,30)6/h7,11,19-20,22-27,31H,1,8-10,12-18H2,2-6H3/t20-,22+,23-,24+,25+,26+,27?,28-,29+,30?/m1/s1. The summed E-state index contributed by atoms with van der Waals surface area (Å²) in [5.74, 6) is 4.94. The number of hydrogen-bond acceptors (Lipinski definition) is 2. The molecule has 5 aliphatic rings. The Balaban J connectivity index is 1.39. The van der Waals surface area contributed by atoms with Gasteiger partial charge in [-0.3, -0.25) is 0 Å². The third-order valence-electron chi connectivity index (χ3n) is 11.5. The molecule has 180 valence electrons. The van der Waals surface area contributed by atoms with E-state index >= 15 is 0 Å². The Morgan fingerprint density at radius 1 is 1.16 bits per heavy atom. The fraction of sp³-hybridized carbons (Fsp3) is 0.867. The molecule has 0 aromatic carbocycles. The van der Waals surface area contributed by atoms with Crippen molar-refractivity contribution in [3.8, 4) is 0 Å². The minimum atomic E-state index is -0.331. The van der Waals surface area contributed by atoms with Gasteiger partial charge >= 0.3 is 0 Å². The molecule has 5 rings (SSSR count). The predicted octanol–water partition coefficient (Wildman–Crippen LogP) is 7.32. The zero-order valence-electron chi connectivity index (χ0n) is 21.4. The number of epoxide rings is 1. The van der Waals surface area contributed by atoms with Crippen molar-refractivity contribution in [1.82, 2.24) is 0 Å². The summed E-state index contributed by atoms with van der Waals surface area (Å²) < 4.78 is 6.44. The second-order valence-corrected chi connectivity index (χ2v) is 13.3. The minimum absolute atomic E-state index is 0.0204. The Kier molecular flexibility index (Phi) is 5.77. The minimum Gasteiger partial charge on any atom is -0.390 e. The van der Waals surface area contributed by atoms with Crippen molar-refractivity contribution in [2.45, 2.75) is 117 Å². The highest BCUT2D eigenvalue weighted by Crippen LogP contribution is 2.73. The molecule has 1 N–H and O–H groups in total. The maximum absolute atomic E-state index is 10.8. The highest BCUT2D eigenvalue weighted by molar-refractivity contribution is 5.38. The maximum Gasteiger partial charge on any atom is 0.115 e. The summed E-state index contributed by atoms with van der Waals surface area (Å²) >= 11 is 0. The average Bonchev–Trinajstić information content (AvgIpc) is 3.38. The lowest BCUT2D eigenvalue weighted by Crippen LogP contribution is -2.57. The average molecular weight is 441 g/mol. The Bertz CT molecular complexity index is 769. The van der Waals surface area contributed by atoms with Crippen LogP contribution in [0, 0.1) is 46.3 Å². The van der Waals surface area contributed by atoms with Gasteiger partial charge in [-0.05, 0) is 85.9 Å². The molecule has 32 heavy (non-hydrogen) atoms. The number of allylic oxidation sites excluding steroid dienone is 1. The van der Waals surface area contributed by atoms with Crippen molar-refractivity contribution in [2.24, 2.45) is 46.3 Å². The van der Waals surface area contributed by atoms with E-state index in [1.54, 1.807) is 0 Å². The first kappa shape index (κ1) is 23.2. The second kappa shape index (κ2) is 7.98. The number of fused-ring (bicyclic) bond motifs is 7. The summed E-state index contributed by atoms with van der Waals surface area (Å²) in [5, 5.41) is 10.8. The molecule has 2 heteroatoms. The normalized spacial score (nSPS) is 50.0. The van der Waals surface area contributed by atoms with Crippen molar-refractivity contribution in [2.75, 3.05) is 0 Å². The molecular weight excluding hydrogens is 392 g/mol. The van der Waals surface area contributed by atoms with Crippen molar-refractivity contribution in [1.29, 1.82) is 0 Å². The number of hydrogen-bond donors (Lipinski definition) is 1. The van der Waals surface area contributed by atoms with Gasteiger partial charge in [-0.2, -0.15) is 0 Å². The quantitative estimate of drug-likeness (QED) is 0.332. The van der Waals surface area contributed by atoms with Gasteiger partial charge in [-0.25, -0.2) is 0 Å². The summed E-state index contributed by atoms with van der Waals surface area (Å²) in [6.07, 6.45) is 17.0. The van der Waals surface area contributed by atoms with Gasteiger partial charge in [0.05, 0.1) is 6.10 Å². The van der Waals surface area contributed by atoms with E-state index < -0.39 is 0 Å². The van der Waals surface area contributed by atoms with Gasteiger partial charge in [0, 0.05) is 5.41 Å². The van der Waals surface area contributed by atoms with Crippen LogP contribution in [0.15, 0.2) is 24.3 Å². The third-order valence-corrected chi connectivity index (χ3v) is 11.5. The van der Waals surface area contributed by atoms with E-state index in [0.29, 0.717) is 11.3 Å². The Morgan fingerprint density at radius 3 is 2.66 bits per heavy atom. The van der Waals surface area contributed by atoms with Gasteiger partial charge in [0.1, 0.15) is 11.7 Å². The first-order valence-electron chi connectivity index (χ1n) is 13.8. The fourth-order valence-corrected chi connectivity index (χ4v) is 9.89. The van der Waals surface area contributed by atoms with E-state index in [9.17, 15) is 5.11 Å². The van der Waals surface area contributed by atoms with E-state index in [4.69, 9.17) is 4.74 Å². The molecule has 1 saturated heterocycles. The van der Waals surface area contributed by atoms with Crippen molar-refractivity contribution < 1.29 is 9.84 Å². The van der Waals surface area contributed by atoms with Crippen LogP contribution in [0.25, 0.3) is 0 Å². The van der Waals surface area contributed by atoms with Gasteiger partial charge in [-0.15, -0.1) is 6.58 Å². The van der Waals surface area contributed by atoms with Crippen molar-refractivity contribution in [3.63, 3.8) is 0 Å². The summed E-state index contributed by atoms with van der Waals surface area (Å²) in [6, 6.07) is 0. The number of rotatable bonds is 7. The summed E-state index contributed by atoms with van der Waals surface area (Å²) in [5.41, 5.74) is 1.90. The van der Waals surface area contributed by atoms with Crippen LogP contribution in [-0.4, -0.2) is 22.9 Å². The molecule has 2 unspecified atom stereocenters. The fourth-order valence-electron chi connectivity index (χ4n) is 9.89. The van der Waals surface area contributed by atoms with Crippen LogP contribution < -0.4 is 0 Å². The smallest absolute Gasteiger partial charge is 0.115 e. The van der Waals surface area contributed by atoms with Gasteiger partial charge in [0.2, 0.25) is 0 Å². The molecule has 4 aliphatic carbocycles. The molecule has 0 amide bonds. The highest BCUT2D eigenvalue weighted by atomic mass is 16.6. The molecule has 0 aromatic heterocycles. The van der Waals surface area contributed by atoms with E-state index in [-0.39, 0.29) is 23.2 Å². The molecule has 0 radical (unpaired) electrons. The van der Waals surface area contributed by atoms with Crippen LogP contribution in [0.5, 0.6) is 0 Å². The lowest BCUT2D eigenvalue weighted by molar-refractivity contribution is -0.0720. The lowest BCUT2D eigenvalue weighted by Gasteiger charge is -2.59. The Morgan fingerprint density at radius 2 is 1.94 bits per heavy atom. The van der Waals surface area contributed by atoms with Gasteiger partial charge in [-0.1, -0.05) is 71.6 Å². The van der Waals surface area contributed by atoms with Crippen LogP contribution >= 0.6 is 0 Å². The van der Waals surface area contributed by atoms with Crippen molar-refractivity contribution >= 4 is 0 Å². The molecule has 2 nitrogen and oxygen atoms in total. The molecular formula is C30H48O2. The second-order valence-electron chi connectivity index (χ2n) is 13.3. The summed E-state index contributed by atoms with van der Waals surface area (Å²) in [7, 11) is 0. The van der Waals surface area contributed by atoms with Crippen LogP contribution in [-0.2, 0) is 4.74 Å². The number of aliphatic hydroxyl groups is 1. The molecule has 3 saturated carbocycles. The lowest BCUT2D eigenvalue weighted by atomic mass is 9.44. The molecule has 0 aromatic rings. The molecule has 0 spiro atoms. The first-order valence-corrected chi connectivity index (χ1v) is 13.8. The number of ether oxygens (including phenoxy) is 1. The van der Waals surface area contributed by atoms with Crippen LogP contribution in [0.2, 0.25) is 0 Å². The molecule has 1 aliphatic heterocycles. The van der Waals surface area contributed by atoms with Crippen molar-refractivity contribution in [3.05, 3.63) is 24.3 Å².